The lowest BCUT2D eigenvalue weighted by Crippen LogP contribution is -2.35. The van der Waals surface area contributed by atoms with E-state index in [1.807, 2.05) is 60.7 Å². The minimum absolute atomic E-state index is 0.0776. The summed E-state index contributed by atoms with van der Waals surface area (Å²) in [6, 6.07) is 28.6. The van der Waals surface area contributed by atoms with Gasteiger partial charge in [0, 0.05) is 23.3 Å². The van der Waals surface area contributed by atoms with E-state index >= 15 is 0 Å². The number of hydrogen-bond acceptors (Lipinski definition) is 4. The first kappa shape index (κ1) is 17.4. The fourth-order valence-corrected chi connectivity index (χ4v) is 3.94. The first-order chi connectivity index (χ1) is 14.2. The highest BCUT2D eigenvalue weighted by Crippen LogP contribution is 2.43. The Morgan fingerprint density at radius 1 is 0.828 bits per heavy atom. The van der Waals surface area contributed by atoms with E-state index < -0.39 is 0 Å². The van der Waals surface area contributed by atoms with Crippen LogP contribution in [0.5, 0.6) is 5.75 Å². The van der Waals surface area contributed by atoms with E-state index in [9.17, 15) is 10.1 Å². The molecule has 0 unspecified atom stereocenters. The summed E-state index contributed by atoms with van der Waals surface area (Å²) in [6.07, 6.45) is -0.353. The van der Waals surface area contributed by atoms with Crippen molar-refractivity contribution >= 4 is 16.5 Å². The Bertz CT molecular complexity index is 1210. The SMILES string of the molecule is O=[N+]([O-])c1cccc([C@H]2N[C@H](c3ccccc3)Oc3ccc4ccccc4c32)c1. The van der Waals surface area contributed by atoms with Crippen LogP contribution in [-0.4, -0.2) is 4.92 Å². The fourth-order valence-electron chi connectivity index (χ4n) is 3.94. The van der Waals surface area contributed by atoms with Gasteiger partial charge in [-0.3, -0.25) is 15.4 Å². The van der Waals surface area contributed by atoms with Gasteiger partial charge in [-0.05, 0) is 22.4 Å². The normalized spacial score (nSPS) is 18.1. The van der Waals surface area contributed by atoms with Gasteiger partial charge < -0.3 is 4.74 Å². The lowest BCUT2D eigenvalue weighted by atomic mass is 9.91. The van der Waals surface area contributed by atoms with Crippen molar-refractivity contribution in [2.75, 3.05) is 0 Å². The van der Waals surface area contributed by atoms with Gasteiger partial charge in [0.15, 0.2) is 6.23 Å². The van der Waals surface area contributed by atoms with Crippen LogP contribution < -0.4 is 10.1 Å². The molecule has 4 aromatic carbocycles. The van der Waals surface area contributed by atoms with Gasteiger partial charge in [-0.1, -0.05) is 72.8 Å². The molecule has 1 heterocycles. The number of non-ortho nitro benzene ring substituents is 1. The Morgan fingerprint density at radius 3 is 2.41 bits per heavy atom. The van der Waals surface area contributed by atoms with Crippen LogP contribution in [0.3, 0.4) is 0 Å². The van der Waals surface area contributed by atoms with Crippen LogP contribution >= 0.6 is 0 Å². The standard InChI is InChI=1S/C24H18N2O3/c27-26(28)19-11-6-10-18(15-19)23-22-20-12-5-4-7-16(20)13-14-21(22)29-24(25-23)17-8-2-1-3-9-17/h1-15,23-25H/t23-,24+/m1/s1. The zero-order valence-electron chi connectivity index (χ0n) is 15.5. The van der Waals surface area contributed by atoms with Crippen molar-refractivity contribution in [2.45, 2.75) is 12.3 Å². The molecule has 0 radical (unpaired) electrons. The molecule has 29 heavy (non-hydrogen) atoms. The van der Waals surface area contributed by atoms with E-state index in [0.717, 1.165) is 33.2 Å². The second kappa shape index (κ2) is 7.04. The molecule has 0 spiro atoms. The molecule has 0 saturated heterocycles. The quantitative estimate of drug-likeness (QED) is 0.374. The molecule has 142 valence electrons. The summed E-state index contributed by atoms with van der Waals surface area (Å²) in [5.74, 6) is 0.785. The molecule has 0 fully saturated rings. The lowest BCUT2D eigenvalue weighted by molar-refractivity contribution is -0.384. The minimum Gasteiger partial charge on any atom is -0.471 e. The number of nitrogens with zero attached hydrogens (tertiary/aromatic N) is 1. The van der Waals surface area contributed by atoms with Crippen molar-refractivity contribution in [2.24, 2.45) is 0 Å². The topological polar surface area (TPSA) is 64.4 Å². The maximum atomic E-state index is 11.3. The van der Waals surface area contributed by atoms with Crippen LogP contribution in [0.1, 0.15) is 29.0 Å². The number of ether oxygens (including phenoxy) is 1. The average Bonchev–Trinajstić information content (AvgIpc) is 2.78. The van der Waals surface area contributed by atoms with Gasteiger partial charge in [0.2, 0.25) is 0 Å². The fraction of sp³-hybridized carbons (Fsp3) is 0.0833. The third-order valence-corrected chi connectivity index (χ3v) is 5.30. The van der Waals surface area contributed by atoms with E-state index in [1.54, 1.807) is 12.1 Å². The van der Waals surface area contributed by atoms with Crippen molar-refractivity contribution in [1.29, 1.82) is 0 Å². The number of benzene rings is 4. The van der Waals surface area contributed by atoms with E-state index in [2.05, 4.69) is 17.4 Å². The number of fused-ring (bicyclic) bond motifs is 3. The van der Waals surface area contributed by atoms with Gasteiger partial charge >= 0.3 is 0 Å². The van der Waals surface area contributed by atoms with Gasteiger partial charge in [0.05, 0.1) is 11.0 Å². The van der Waals surface area contributed by atoms with E-state index in [1.165, 1.54) is 6.07 Å². The number of rotatable bonds is 3. The second-order valence-corrected chi connectivity index (χ2v) is 7.06. The van der Waals surface area contributed by atoms with Crippen LogP contribution in [0.4, 0.5) is 5.69 Å². The molecule has 2 atom stereocenters. The molecule has 1 aliphatic heterocycles. The molecule has 0 bridgehead atoms. The highest BCUT2D eigenvalue weighted by Gasteiger charge is 2.31. The highest BCUT2D eigenvalue weighted by molar-refractivity contribution is 5.89. The Hall–Kier alpha value is -3.70. The van der Waals surface area contributed by atoms with Gasteiger partial charge in [-0.25, -0.2) is 0 Å². The van der Waals surface area contributed by atoms with Gasteiger partial charge in [-0.15, -0.1) is 0 Å². The predicted molar refractivity (Wildman–Crippen MR) is 112 cm³/mol. The number of nitro benzene ring substituents is 1. The molecule has 1 N–H and O–H groups in total. The van der Waals surface area contributed by atoms with Crippen molar-refractivity contribution in [3.63, 3.8) is 0 Å². The molecule has 0 saturated carbocycles. The molecule has 1 aliphatic rings. The minimum atomic E-state index is -0.360. The predicted octanol–water partition coefficient (Wildman–Crippen LogP) is 5.52. The van der Waals surface area contributed by atoms with E-state index in [4.69, 9.17) is 4.74 Å². The maximum Gasteiger partial charge on any atom is 0.269 e. The van der Waals surface area contributed by atoms with Gasteiger partial charge in [0.1, 0.15) is 5.75 Å². The van der Waals surface area contributed by atoms with Crippen molar-refractivity contribution < 1.29 is 9.66 Å². The summed E-state index contributed by atoms with van der Waals surface area (Å²) >= 11 is 0. The molecule has 0 amide bonds. The molecule has 5 rings (SSSR count). The van der Waals surface area contributed by atoms with Crippen LogP contribution in [0, 0.1) is 10.1 Å². The van der Waals surface area contributed by atoms with Crippen LogP contribution in [-0.2, 0) is 0 Å². The summed E-state index contributed by atoms with van der Waals surface area (Å²) in [4.78, 5) is 11.0. The van der Waals surface area contributed by atoms with Crippen molar-refractivity contribution in [3.05, 3.63) is 118 Å². The zero-order valence-corrected chi connectivity index (χ0v) is 15.5. The number of nitro groups is 1. The molecular formula is C24H18N2O3. The van der Waals surface area contributed by atoms with Crippen LogP contribution in [0.15, 0.2) is 91.0 Å². The number of nitrogens with one attached hydrogen (secondary N) is 1. The molecule has 5 nitrogen and oxygen atoms in total. The Morgan fingerprint density at radius 2 is 1.59 bits per heavy atom. The zero-order chi connectivity index (χ0) is 19.8. The highest BCUT2D eigenvalue weighted by atomic mass is 16.6. The molecular weight excluding hydrogens is 364 g/mol. The lowest BCUT2D eigenvalue weighted by Gasteiger charge is -2.35. The summed E-state index contributed by atoms with van der Waals surface area (Å²) in [5, 5.41) is 17.1. The van der Waals surface area contributed by atoms with Gasteiger partial charge in [-0.2, -0.15) is 0 Å². The van der Waals surface area contributed by atoms with E-state index in [-0.39, 0.29) is 22.9 Å². The van der Waals surface area contributed by atoms with Crippen LogP contribution in [0.25, 0.3) is 10.8 Å². The summed E-state index contributed by atoms with van der Waals surface area (Å²) in [7, 11) is 0. The molecule has 4 aromatic rings. The summed E-state index contributed by atoms with van der Waals surface area (Å²) < 4.78 is 6.31. The smallest absolute Gasteiger partial charge is 0.269 e. The first-order valence-electron chi connectivity index (χ1n) is 9.44. The molecule has 0 aromatic heterocycles. The van der Waals surface area contributed by atoms with Gasteiger partial charge in [0.25, 0.3) is 5.69 Å². The summed E-state index contributed by atoms with van der Waals surface area (Å²) in [5.41, 5.74) is 2.91. The maximum absolute atomic E-state index is 11.3. The van der Waals surface area contributed by atoms with Crippen molar-refractivity contribution in [3.8, 4) is 5.75 Å². The third-order valence-electron chi connectivity index (χ3n) is 5.30. The molecule has 0 aliphatic carbocycles. The average molecular weight is 382 g/mol. The first-order valence-corrected chi connectivity index (χ1v) is 9.44. The largest absolute Gasteiger partial charge is 0.471 e. The Labute approximate surface area is 167 Å². The number of hydrogen-bond donors (Lipinski definition) is 1. The summed E-state index contributed by atoms with van der Waals surface area (Å²) in [6.45, 7) is 0. The third kappa shape index (κ3) is 3.11. The van der Waals surface area contributed by atoms with E-state index in [0.29, 0.717) is 0 Å². The molecule has 5 heteroatoms. The Balaban J connectivity index is 1.70. The van der Waals surface area contributed by atoms with Crippen molar-refractivity contribution in [1.82, 2.24) is 5.32 Å². The Kier molecular flexibility index (Phi) is 4.22. The van der Waals surface area contributed by atoms with Crippen LogP contribution in [0.2, 0.25) is 0 Å². The second-order valence-electron chi connectivity index (χ2n) is 7.06. The monoisotopic (exact) mass is 382 g/mol.